The van der Waals surface area contributed by atoms with Gasteiger partial charge in [-0.3, -0.25) is 9.36 Å². The molecule has 6 rings (SSSR count). The molecule has 2 aliphatic rings. The lowest BCUT2D eigenvalue weighted by molar-refractivity contribution is 0.402. The minimum Gasteiger partial charge on any atom is -0.496 e. The van der Waals surface area contributed by atoms with Crippen LogP contribution in [0.15, 0.2) is 88.2 Å². The van der Waals surface area contributed by atoms with Gasteiger partial charge in [0.15, 0.2) is 4.80 Å². The summed E-state index contributed by atoms with van der Waals surface area (Å²) in [5.74, 6) is 0.439. The van der Waals surface area contributed by atoms with Gasteiger partial charge in [0.1, 0.15) is 11.6 Å². The molecule has 2 heterocycles. The second kappa shape index (κ2) is 8.22. The van der Waals surface area contributed by atoms with Crippen LogP contribution in [-0.2, 0) is 6.42 Å². The number of para-hydroxylation sites is 1. The van der Waals surface area contributed by atoms with Gasteiger partial charge in [-0.25, -0.2) is 9.38 Å². The number of thiazole rings is 1. The maximum absolute atomic E-state index is 13.7. The van der Waals surface area contributed by atoms with Gasteiger partial charge in [-0.05, 0) is 53.8 Å². The van der Waals surface area contributed by atoms with Crippen molar-refractivity contribution in [3.05, 3.63) is 126 Å². The van der Waals surface area contributed by atoms with E-state index in [2.05, 4.69) is 18.2 Å². The number of halogens is 1. The number of aryl methyl sites for hydroxylation is 1. The standard InChI is InChI=1S/C28H21FN2O2S/c1-33-23-9-5-4-8-21(23)26-22-15-12-18-6-2-3-7-20(18)25(22)30-28-31(26)27(32)24(34-28)16-17-10-13-19(29)14-11-17/h2-11,13-14,16,26H,12,15H2,1H3/b24-16-/t26-/m0/s1. The molecular formula is C28H21FN2O2S. The molecule has 0 spiro atoms. The monoisotopic (exact) mass is 468 g/mol. The van der Waals surface area contributed by atoms with Gasteiger partial charge < -0.3 is 4.74 Å². The fourth-order valence-corrected chi connectivity index (χ4v) is 5.90. The minimum absolute atomic E-state index is 0.102. The molecule has 0 saturated heterocycles. The first-order valence-corrected chi connectivity index (χ1v) is 12.0. The molecule has 0 bridgehead atoms. The summed E-state index contributed by atoms with van der Waals surface area (Å²) in [6.07, 6.45) is 3.52. The number of hydrogen-bond donors (Lipinski definition) is 0. The lowest BCUT2D eigenvalue weighted by Gasteiger charge is -2.31. The Morgan fingerprint density at radius 2 is 1.79 bits per heavy atom. The average Bonchev–Trinajstić information content (AvgIpc) is 3.18. The van der Waals surface area contributed by atoms with E-state index in [0.717, 1.165) is 46.6 Å². The molecule has 0 radical (unpaired) electrons. The molecule has 6 heteroatoms. The molecule has 34 heavy (non-hydrogen) atoms. The van der Waals surface area contributed by atoms with Gasteiger partial charge in [0.2, 0.25) is 0 Å². The first-order valence-electron chi connectivity index (χ1n) is 11.2. The number of aromatic nitrogens is 1. The molecule has 0 N–H and O–H groups in total. The zero-order valence-corrected chi connectivity index (χ0v) is 19.3. The normalized spacial score (nSPS) is 17.0. The molecule has 0 amide bonds. The Balaban J connectivity index is 1.64. The molecule has 0 fully saturated rings. The van der Waals surface area contributed by atoms with Crippen LogP contribution in [0.1, 0.15) is 34.7 Å². The van der Waals surface area contributed by atoms with E-state index in [0.29, 0.717) is 9.33 Å². The van der Waals surface area contributed by atoms with Crippen LogP contribution in [0, 0.1) is 5.82 Å². The summed E-state index contributed by atoms with van der Waals surface area (Å²) in [7, 11) is 1.66. The van der Waals surface area contributed by atoms with Crippen molar-refractivity contribution in [1.29, 1.82) is 0 Å². The van der Waals surface area contributed by atoms with Crippen molar-refractivity contribution in [2.75, 3.05) is 7.11 Å². The van der Waals surface area contributed by atoms with Gasteiger partial charge in [-0.1, -0.05) is 65.9 Å². The third-order valence-electron chi connectivity index (χ3n) is 6.47. The lowest BCUT2D eigenvalue weighted by atomic mass is 9.83. The highest BCUT2D eigenvalue weighted by Crippen LogP contribution is 2.43. The highest BCUT2D eigenvalue weighted by atomic mass is 32.1. The van der Waals surface area contributed by atoms with E-state index >= 15 is 0 Å². The first-order chi connectivity index (χ1) is 16.6. The van der Waals surface area contributed by atoms with E-state index < -0.39 is 0 Å². The van der Waals surface area contributed by atoms with Crippen LogP contribution in [0.25, 0.3) is 11.8 Å². The third kappa shape index (κ3) is 3.33. The van der Waals surface area contributed by atoms with E-state index in [1.54, 1.807) is 29.9 Å². The summed E-state index contributed by atoms with van der Waals surface area (Å²) in [5, 5.41) is 0. The Morgan fingerprint density at radius 3 is 2.62 bits per heavy atom. The van der Waals surface area contributed by atoms with E-state index in [9.17, 15) is 9.18 Å². The Kier molecular flexibility index (Phi) is 5.03. The van der Waals surface area contributed by atoms with Gasteiger partial charge in [0, 0.05) is 11.1 Å². The van der Waals surface area contributed by atoms with Gasteiger partial charge in [-0.15, -0.1) is 0 Å². The minimum atomic E-state index is -0.305. The highest BCUT2D eigenvalue weighted by molar-refractivity contribution is 7.07. The summed E-state index contributed by atoms with van der Waals surface area (Å²) in [5.41, 5.74) is 6.09. The quantitative estimate of drug-likeness (QED) is 0.446. The Morgan fingerprint density at radius 1 is 1.03 bits per heavy atom. The zero-order chi connectivity index (χ0) is 23.2. The summed E-state index contributed by atoms with van der Waals surface area (Å²) < 4.78 is 21.5. The topological polar surface area (TPSA) is 43.6 Å². The van der Waals surface area contributed by atoms with E-state index in [4.69, 9.17) is 9.73 Å². The van der Waals surface area contributed by atoms with Crippen LogP contribution < -0.4 is 19.6 Å². The second-order valence-electron chi connectivity index (χ2n) is 8.41. The van der Waals surface area contributed by atoms with Crippen molar-refractivity contribution in [3.63, 3.8) is 0 Å². The van der Waals surface area contributed by atoms with Crippen molar-refractivity contribution >= 4 is 23.1 Å². The predicted molar refractivity (Wildman–Crippen MR) is 132 cm³/mol. The molecule has 1 atom stereocenters. The number of fused-ring (bicyclic) bond motifs is 3. The fraction of sp³-hybridized carbons (Fsp3) is 0.143. The smallest absolute Gasteiger partial charge is 0.271 e. The molecule has 1 aliphatic heterocycles. The second-order valence-corrected chi connectivity index (χ2v) is 9.42. The van der Waals surface area contributed by atoms with Gasteiger partial charge in [0.25, 0.3) is 5.56 Å². The SMILES string of the molecule is COc1ccccc1[C@H]1C2=C(N=c3s/c(=C\c4ccc(F)cc4)c(=O)n31)c1ccccc1CC2. The summed E-state index contributed by atoms with van der Waals surface area (Å²) in [6.45, 7) is 0. The first kappa shape index (κ1) is 20.8. The van der Waals surface area contributed by atoms with Crippen molar-refractivity contribution < 1.29 is 9.13 Å². The Bertz CT molecular complexity index is 1630. The van der Waals surface area contributed by atoms with E-state index in [1.807, 2.05) is 30.3 Å². The van der Waals surface area contributed by atoms with Crippen molar-refractivity contribution in [1.82, 2.24) is 4.57 Å². The number of nitrogens with zero attached hydrogens (tertiary/aromatic N) is 2. The Hall–Kier alpha value is -3.77. The predicted octanol–water partition coefficient (Wildman–Crippen LogP) is 4.47. The van der Waals surface area contributed by atoms with Crippen LogP contribution in [-0.4, -0.2) is 11.7 Å². The molecule has 168 valence electrons. The van der Waals surface area contributed by atoms with Gasteiger partial charge >= 0.3 is 0 Å². The third-order valence-corrected chi connectivity index (χ3v) is 7.46. The van der Waals surface area contributed by atoms with E-state index in [1.165, 1.54) is 29.0 Å². The molecule has 0 unspecified atom stereocenters. The lowest BCUT2D eigenvalue weighted by Crippen LogP contribution is -2.38. The molecule has 4 aromatic rings. The number of benzene rings is 3. The summed E-state index contributed by atoms with van der Waals surface area (Å²) in [6, 6.07) is 22.1. The van der Waals surface area contributed by atoms with Crippen LogP contribution in [0.2, 0.25) is 0 Å². The maximum atomic E-state index is 13.7. The van der Waals surface area contributed by atoms with Crippen LogP contribution >= 0.6 is 11.3 Å². The number of ether oxygens (including phenoxy) is 1. The summed E-state index contributed by atoms with van der Waals surface area (Å²) in [4.78, 5) is 19.4. The molecule has 3 aromatic carbocycles. The summed E-state index contributed by atoms with van der Waals surface area (Å²) >= 11 is 1.36. The largest absolute Gasteiger partial charge is 0.496 e. The molecular weight excluding hydrogens is 447 g/mol. The average molecular weight is 469 g/mol. The fourth-order valence-electron chi connectivity index (χ4n) is 4.90. The van der Waals surface area contributed by atoms with Crippen LogP contribution in [0.4, 0.5) is 4.39 Å². The van der Waals surface area contributed by atoms with Crippen LogP contribution in [0.5, 0.6) is 5.75 Å². The van der Waals surface area contributed by atoms with Crippen LogP contribution in [0.3, 0.4) is 0 Å². The van der Waals surface area contributed by atoms with Crippen molar-refractivity contribution in [2.24, 2.45) is 4.99 Å². The van der Waals surface area contributed by atoms with Crippen molar-refractivity contribution in [2.45, 2.75) is 18.9 Å². The van der Waals surface area contributed by atoms with Gasteiger partial charge in [-0.2, -0.15) is 0 Å². The molecule has 1 aromatic heterocycles. The number of allylic oxidation sites excluding steroid dienone is 1. The van der Waals surface area contributed by atoms with E-state index in [-0.39, 0.29) is 17.4 Å². The molecule has 1 aliphatic carbocycles. The zero-order valence-electron chi connectivity index (χ0n) is 18.5. The number of methoxy groups -OCH3 is 1. The maximum Gasteiger partial charge on any atom is 0.271 e. The Labute approximate surface area is 199 Å². The molecule has 0 saturated carbocycles. The number of hydrogen-bond acceptors (Lipinski definition) is 4. The van der Waals surface area contributed by atoms with Gasteiger partial charge in [0.05, 0.1) is 23.4 Å². The van der Waals surface area contributed by atoms with Crippen molar-refractivity contribution in [3.8, 4) is 5.75 Å². The number of rotatable bonds is 3. The molecule has 4 nitrogen and oxygen atoms in total. The highest BCUT2D eigenvalue weighted by Gasteiger charge is 2.33.